The lowest BCUT2D eigenvalue weighted by atomic mass is 9.78. The number of nitrogens with zero attached hydrogens (tertiary/aromatic N) is 3. The van der Waals surface area contributed by atoms with E-state index in [1.54, 1.807) is 0 Å². The first-order chi connectivity index (χ1) is 25.2. The number of aromatic nitrogens is 3. The summed E-state index contributed by atoms with van der Waals surface area (Å²) in [5, 5.41) is 1.94. The summed E-state index contributed by atoms with van der Waals surface area (Å²) < 4.78 is 19.7. The molecule has 0 saturated carbocycles. The Labute approximate surface area is 303 Å². The molecule has 6 nitrogen and oxygen atoms in total. The van der Waals surface area contributed by atoms with E-state index >= 15 is 0 Å². The van der Waals surface area contributed by atoms with Crippen molar-refractivity contribution >= 4 is 34.5 Å². The highest BCUT2D eigenvalue weighted by Crippen LogP contribution is 2.40. The summed E-state index contributed by atoms with van der Waals surface area (Å²) in [7, 11) is -0.568. The quantitative estimate of drug-likeness (QED) is 0.163. The summed E-state index contributed by atoms with van der Waals surface area (Å²) in [5.41, 5.74) is 8.26. The lowest BCUT2D eigenvalue weighted by Crippen LogP contribution is -2.41. The first-order valence-corrected chi connectivity index (χ1v) is 17.6. The molecule has 9 rings (SSSR count). The van der Waals surface area contributed by atoms with Crippen molar-refractivity contribution in [1.29, 1.82) is 0 Å². The van der Waals surface area contributed by atoms with Crippen molar-refractivity contribution in [3.8, 4) is 56.4 Å². The molecular formula is C45H36BN3O3. The molecule has 6 aromatic carbocycles. The zero-order valence-corrected chi connectivity index (χ0v) is 29.5. The van der Waals surface area contributed by atoms with Crippen LogP contribution in [0.5, 0.6) is 0 Å². The van der Waals surface area contributed by atoms with E-state index in [1.807, 2.05) is 66.7 Å². The van der Waals surface area contributed by atoms with Gasteiger partial charge < -0.3 is 13.7 Å². The molecule has 52 heavy (non-hydrogen) atoms. The zero-order valence-electron chi connectivity index (χ0n) is 29.5. The fourth-order valence-electron chi connectivity index (χ4n) is 6.87. The molecular weight excluding hydrogens is 641 g/mol. The van der Waals surface area contributed by atoms with Crippen LogP contribution in [0.4, 0.5) is 0 Å². The Balaban J connectivity index is 1.25. The topological polar surface area (TPSA) is 70.3 Å². The minimum absolute atomic E-state index is 0.482. The highest BCUT2D eigenvalue weighted by Gasteiger charge is 2.52. The average Bonchev–Trinajstić information content (AvgIpc) is 3.67. The molecule has 8 aromatic rings. The van der Waals surface area contributed by atoms with Crippen LogP contribution in [0.2, 0.25) is 0 Å². The van der Waals surface area contributed by atoms with Gasteiger partial charge >= 0.3 is 7.12 Å². The summed E-state index contributed by atoms with van der Waals surface area (Å²) in [4.78, 5) is 15.4. The van der Waals surface area contributed by atoms with Gasteiger partial charge in [-0.05, 0) is 74.2 Å². The second-order valence-electron chi connectivity index (χ2n) is 14.3. The molecule has 7 heteroatoms. The van der Waals surface area contributed by atoms with Gasteiger partial charge in [0.1, 0.15) is 11.2 Å². The Morgan fingerprint density at radius 2 is 0.885 bits per heavy atom. The summed E-state index contributed by atoms with van der Waals surface area (Å²) in [6, 6.07) is 49.7. The van der Waals surface area contributed by atoms with Crippen molar-refractivity contribution < 1.29 is 13.7 Å². The van der Waals surface area contributed by atoms with Gasteiger partial charge in [0.25, 0.3) is 0 Å². The van der Waals surface area contributed by atoms with Crippen molar-refractivity contribution in [1.82, 2.24) is 15.0 Å². The number of rotatable bonds is 6. The summed E-state index contributed by atoms with van der Waals surface area (Å²) in [5.74, 6) is 1.68. The number of furan rings is 1. The molecule has 0 spiro atoms. The fourth-order valence-corrected chi connectivity index (χ4v) is 6.87. The van der Waals surface area contributed by atoms with Crippen LogP contribution in [0, 0.1) is 0 Å². The number of benzene rings is 6. The first-order valence-electron chi connectivity index (χ1n) is 17.6. The Hall–Kier alpha value is -5.89. The zero-order chi connectivity index (χ0) is 35.5. The van der Waals surface area contributed by atoms with Crippen molar-refractivity contribution in [2.24, 2.45) is 0 Å². The van der Waals surface area contributed by atoms with Crippen molar-refractivity contribution in [2.45, 2.75) is 38.9 Å². The molecule has 0 amide bonds. The fraction of sp³-hybridized carbons (Fsp3) is 0.133. The van der Waals surface area contributed by atoms with E-state index in [0.717, 1.165) is 60.8 Å². The smallest absolute Gasteiger partial charge is 0.456 e. The number of hydrogen-bond donors (Lipinski definition) is 0. The van der Waals surface area contributed by atoms with Crippen LogP contribution in [0.25, 0.3) is 78.4 Å². The SMILES string of the molecule is CC1(C)OB(c2cccc3c2oc2c(-c4nc(-c5ccccc5)nc(-c5cc(-c6ccccc6)cc(-c6ccccc6)c5)n4)cccc23)OC1(C)C. The molecule has 0 N–H and O–H groups in total. The van der Waals surface area contributed by atoms with E-state index < -0.39 is 18.3 Å². The predicted molar refractivity (Wildman–Crippen MR) is 210 cm³/mol. The number of fused-ring (bicyclic) bond motifs is 3. The third kappa shape index (κ3) is 5.59. The Bertz CT molecular complexity index is 2510. The highest BCUT2D eigenvalue weighted by atomic mass is 16.7. The van der Waals surface area contributed by atoms with Gasteiger partial charge in [-0.2, -0.15) is 0 Å². The van der Waals surface area contributed by atoms with Gasteiger partial charge in [-0.15, -0.1) is 0 Å². The van der Waals surface area contributed by atoms with Crippen LogP contribution in [-0.2, 0) is 9.31 Å². The monoisotopic (exact) mass is 677 g/mol. The summed E-state index contributed by atoms with van der Waals surface area (Å²) in [6.45, 7) is 8.24. The minimum Gasteiger partial charge on any atom is -0.456 e. The molecule has 3 heterocycles. The number of hydrogen-bond acceptors (Lipinski definition) is 6. The average molecular weight is 678 g/mol. The van der Waals surface area contributed by atoms with Gasteiger partial charge in [-0.25, -0.2) is 15.0 Å². The molecule has 0 radical (unpaired) electrons. The van der Waals surface area contributed by atoms with Crippen molar-refractivity contribution in [2.75, 3.05) is 0 Å². The second-order valence-corrected chi connectivity index (χ2v) is 14.3. The molecule has 1 aliphatic rings. The minimum atomic E-state index is -0.568. The molecule has 1 fully saturated rings. The number of para-hydroxylation sites is 2. The Morgan fingerprint density at radius 3 is 1.46 bits per heavy atom. The first kappa shape index (κ1) is 32.1. The molecule has 0 atom stereocenters. The molecule has 1 aliphatic heterocycles. The molecule has 0 unspecified atom stereocenters. The van der Waals surface area contributed by atoms with Gasteiger partial charge in [-0.3, -0.25) is 0 Å². The normalized spacial score (nSPS) is 15.0. The van der Waals surface area contributed by atoms with Crippen LogP contribution in [0.1, 0.15) is 27.7 Å². The van der Waals surface area contributed by atoms with Gasteiger partial charge in [0.15, 0.2) is 17.5 Å². The maximum absolute atomic E-state index is 6.80. The standard InChI is InChI=1S/C45H36BN3O3/c1-44(2)45(3,4)52-46(51-44)38-25-15-23-36-35-22-14-24-37(39(35)50-40(36)38)43-48-41(31-20-12-7-13-21-31)47-42(49-43)34-27-32(29-16-8-5-9-17-29)26-33(28-34)30-18-10-6-11-19-30/h5-28H,1-4H3. The maximum Gasteiger partial charge on any atom is 0.498 e. The van der Waals surface area contributed by atoms with Crippen molar-refractivity contribution in [3.05, 3.63) is 146 Å². The molecule has 0 aliphatic carbocycles. The lowest BCUT2D eigenvalue weighted by Gasteiger charge is -2.32. The molecule has 2 aromatic heterocycles. The summed E-state index contributed by atoms with van der Waals surface area (Å²) in [6.07, 6.45) is 0. The van der Waals surface area contributed by atoms with E-state index in [4.69, 9.17) is 28.7 Å². The van der Waals surface area contributed by atoms with E-state index in [1.165, 1.54) is 0 Å². The lowest BCUT2D eigenvalue weighted by molar-refractivity contribution is 0.00578. The summed E-state index contributed by atoms with van der Waals surface area (Å²) >= 11 is 0. The molecule has 1 saturated heterocycles. The van der Waals surface area contributed by atoms with E-state index in [2.05, 4.69) is 107 Å². The van der Waals surface area contributed by atoms with Crippen LogP contribution in [0.15, 0.2) is 150 Å². The van der Waals surface area contributed by atoms with Gasteiger partial charge in [-0.1, -0.05) is 121 Å². The van der Waals surface area contributed by atoms with E-state index in [-0.39, 0.29) is 0 Å². The Morgan fingerprint density at radius 1 is 0.423 bits per heavy atom. The Kier molecular flexibility index (Phi) is 7.65. The molecule has 252 valence electrons. The third-order valence-electron chi connectivity index (χ3n) is 10.4. The predicted octanol–water partition coefficient (Wildman–Crippen LogP) is 10.4. The van der Waals surface area contributed by atoms with Crippen LogP contribution in [-0.4, -0.2) is 33.3 Å². The van der Waals surface area contributed by atoms with Gasteiger partial charge in [0, 0.05) is 27.4 Å². The molecule has 0 bridgehead atoms. The van der Waals surface area contributed by atoms with Crippen molar-refractivity contribution in [3.63, 3.8) is 0 Å². The van der Waals surface area contributed by atoms with E-state index in [0.29, 0.717) is 23.1 Å². The van der Waals surface area contributed by atoms with Crippen LogP contribution < -0.4 is 5.46 Å². The maximum atomic E-state index is 6.80. The van der Waals surface area contributed by atoms with Gasteiger partial charge in [0.05, 0.1) is 16.8 Å². The van der Waals surface area contributed by atoms with Crippen LogP contribution in [0.3, 0.4) is 0 Å². The van der Waals surface area contributed by atoms with Crippen LogP contribution >= 0.6 is 0 Å². The largest absolute Gasteiger partial charge is 0.498 e. The van der Waals surface area contributed by atoms with E-state index in [9.17, 15) is 0 Å². The highest BCUT2D eigenvalue weighted by molar-refractivity contribution is 6.65. The third-order valence-corrected chi connectivity index (χ3v) is 10.4. The van der Waals surface area contributed by atoms with Gasteiger partial charge in [0.2, 0.25) is 0 Å². The second kappa shape index (κ2) is 12.4.